The number of carbonyl (C=O) groups excluding carboxylic acids is 1. The van der Waals surface area contributed by atoms with Gasteiger partial charge in [0.25, 0.3) is 5.91 Å². The molecule has 0 spiro atoms. The van der Waals surface area contributed by atoms with E-state index < -0.39 is 0 Å². The van der Waals surface area contributed by atoms with Crippen LogP contribution in [0.5, 0.6) is 0 Å². The number of aromatic nitrogens is 2. The summed E-state index contributed by atoms with van der Waals surface area (Å²) < 4.78 is 0. The van der Waals surface area contributed by atoms with Crippen LogP contribution in [0.15, 0.2) is 17.6 Å². The Morgan fingerprint density at radius 1 is 1.50 bits per heavy atom. The lowest BCUT2D eigenvalue weighted by atomic mass is 10.2. The molecule has 18 heavy (non-hydrogen) atoms. The van der Waals surface area contributed by atoms with Crippen LogP contribution in [0.1, 0.15) is 26.8 Å². The highest BCUT2D eigenvalue weighted by molar-refractivity contribution is 7.09. The van der Waals surface area contributed by atoms with E-state index in [4.69, 9.17) is 5.73 Å². The van der Waals surface area contributed by atoms with Crippen LogP contribution in [0, 0.1) is 13.8 Å². The van der Waals surface area contributed by atoms with Gasteiger partial charge in [-0.05, 0) is 19.9 Å². The minimum atomic E-state index is -0.182. The molecule has 0 radical (unpaired) electrons. The largest absolute Gasteiger partial charge is 0.397 e. The zero-order valence-electron chi connectivity index (χ0n) is 10.2. The van der Waals surface area contributed by atoms with Crippen molar-refractivity contribution in [1.82, 2.24) is 15.3 Å². The maximum absolute atomic E-state index is 12.0. The number of nitrogens with one attached hydrogen (secondary N) is 1. The maximum atomic E-state index is 12.0. The van der Waals surface area contributed by atoms with E-state index in [0.717, 1.165) is 10.7 Å². The molecule has 0 atom stereocenters. The van der Waals surface area contributed by atoms with Crippen LogP contribution >= 0.6 is 11.3 Å². The third kappa shape index (κ3) is 2.84. The molecule has 5 nitrogen and oxygen atoms in total. The van der Waals surface area contributed by atoms with Crippen LogP contribution in [0.4, 0.5) is 5.69 Å². The monoisotopic (exact) mass is 262 g/mol. The molecule has 2 rings (SSSR count). The summed E-state index contributed by atoms with van der Waals surface area (Å²) in [6, 6.07) is 1.63. The number of nitrogens with two attached hydrogens (primary N) is 1. The topological polar surface area (TPSA) is 80.9 Å². The first-order chi connectivity index (χ1) is 8.56. The normalized spacial score (nSPS) is 10.3. The van der Waals surface area contributed by atoms with Gasteiger partial charge >= 0.3 is 0 Å². The van der Waals surface area contributed by atoms with Gasteiger partial charge in [-0.2, -0.15) is 0 Å². The lowest BCUT2D eigenvalue weighted by molar-refractivity contribution is 0.0949. The van der Waals surface area contributed by atoms with Gasteiger partial charge < -0.3 is 11.1 Å². The van der Waals surface area contributed by atoms with Gasteiger partial charge in [-0.1, -0.05) is 0 Å². The second kappa shape index (κ2) is 5.14. The SMILES string of the molecule is Cc1nc(CNC(=O)c2cc(N)cnc2C)cs1. The van der Waals surface area contributed by atoms with Crippen LogP contribution in [-0.2, 0) is 6.54 Å². The van der Waals surface area contributed by atoms with E-state index in [0.29, 0.717) is 23.5 Å². The fraction of sp³-hybridized carbons (Fsp3) is 0.250. The molecule has 2 heterocycles. The molecule has 0 aromatic carbocycles. The molecule has 1 amide bonds. The van der Waals surface area contributed by atoms with Gasteiger partial charge in [-0.25, -0.2) is 4.98 Å². The molecular formula is C12H14N4OS. The van der Waals surface area contributed by atoms with Crippen molar-refractivity contribution in [2.24, 2.45) is 0 Å². The molecule has 94 valence electrons. The zero-order chi connectivity index (χ0) is 13.1. The summed E-state index contributed by atoms with van der Waals surface area (Å²) in [5.74, 6) is -0.182. The van der Waals surface area contributed by atoms with Gasteiger partial charge in [0.1, 0.15) is 0 Å². The number of nitrogens with zero attached hydrogens (tertiary/aromatic N) is 2. The Balaban J connectivity index is 2.05. The molecule has 0 saturated heterocycles. The van der Waals surface area contributed by atoms with Crippen molar-refractivity contribution in [3.05, 3.63) is 39.6 Å². The Hall–Kier alpha value is -1.95. The van der Waals surface area contributed by atoms with Gasteiger partial charge in [0.2, 0.25) is 0 Å². The molecule has 0 aliphatic rings. The summed E-state index contributed by atoms with van der Waals surface area (Å²) in [7, 11) is 0. The second-order valence-electron chi connectivity index (χ2n) is 3.94. The maximum Gasteiger partial charge on any atom is 0.253 e. The summed E-state index contributed by atoms with van der Waals surface area (Å²) in [6.07, 6.45) is 1.54. The lowest BCUT2D eigenvalue weighted by Crippen LogP contribution is -2.24. The fourth-order valence-electron chi connectivity index (χ4n) is 1.53. The van der Waals surface area contributed by atoms with Crippen LogP contribution in [0.25, 0.3) is 0 Å². The van der Waals surface area contributed by atoms with Gasteiger partial charge in [-0.15, -0.1) is 11.3 Å². The van der Waals surface area contributed by atoms with Crippen molar-refractivity contribution in [1.29, 1.82) is 0 Å². The van der Waals surface area contributed by atoms with Crippen LogP contribution in [0.2, 0.25) is 0 Å². The van der Waals surface area contributed by atoms with E-state index in [1.807, 2.05) is 12.3 Å². The zero-order valence-corrected chi connectivity index (χ0v) is 11.0. The number of thiazole rings is 1. The van der Waals surface area contributed by atoms with Crippen molar-refractivity contribution in [3.8, 4) is 0 Å². The number of amides is 1. The summed E-state index contributed by atoms with van der Waals surface area (Å²) in [4.78, 5) is 20.3. The average Bonchev–Trinajstić information content (AvgIpc) is 2.75. The van der Waals surface area contributed by atoms with Crippen molar-refractivity contribution < 1.29 is 4.79 Å². The van der Waals surface area contributed by atoms with E-state index in [-0.39, 0.29) is 5.91 Å². The smallest absolute Gasteiger partial charge is 0.253 e. The number of aryl methyl sites for hydroxylation is 2. The first-order valence-corrected chi connectivity index (χ1v) is 6.35. The van der Waals surface area contributed by atoms with E-state index in [2.05, 4.69) is 15.3 Å². The minimum Gasteiger partial charge on any atom is -0.397 e. The molecule has 0 unspecified atom stereocenters. The predicted octanol–water partition coefficient (Wildman–Crippen LogP) is 1.67. The predicted molar refractivity (Wildman–Crippen MR) is 71.4 cm³/mol. The van der Waals surface area contributed by atoms with Crippen molar-refractivity contribution in [2.45, 2.75) is 20.4 Å². The molecule has 3 N–H and O–H groups in total. The van der Waals surface area contributed by atoms with Gasteiger partial charge in [0, 0.05) is 5.38 Å². The summed E-state index contributed by atoms with van der Waals surface area (Å²) in [6.45, 7) is 4.13. The first-order valence-electron chi connectivity index (χ1n) is 5.47. The summed E-state index contributed by atoms with van der Waals surface area (Å²) in [5.41, 5.74) is 8.13. The fourth-order valence-corrected chi connectivity index (χ4v) is 2.15. The molecule has 2 aromatic rings. The highest BCUT2D eigenvalue weighted by atomic mass is 32.1. The van der Waals surface area contributed by atoms with Gasteiger partial charge in [0.15, 0.2) is 0 Å². The summed E-state index contributed by atoms with van der Waals surface area (Å²) >= 11 is 1.56. The van der Waals surface area contributed by atoms with Gasteiger partial charge in [-0.3, -0.25) is 9.78 Å². The molecule has 0 aliphatic carbocycles. The number of nitrogen functional groups attached to an aromatic ring is 1. The van der Waals surface area contributed by atoms with E-state index in [9.17, 15) is 4.79 Å². The quantitative estimate of drug-likeness (QED) is 0.881. The third-order valence-corrected chi connectivity index (χ3v) is 3.27. The number of anilines is 1. The number of hydrogen-bond acceptors (Lipinski definition) is 5. The molecular weight excluding hydrogens is 248 g/mol. The molecule has 2 aromatic heterocycles. The van der Waals surface area contributed by atoms with Crippen LogP contribution in [0.3, 0.4) is 0 Å². The van der Waals surface area contributed by atoms with E-state index >= 15 is 0 Å². The average molecular weight is 262 g/mol. The van der Waals surface area contributed by atoms with Crippen molar-refractivity contribution >= 4 is 22.9 Å². The Bertz CT molecular complexity index is 579. The van der Waals surface area contributed by atoms with Crippen molar-refractivity contribution in [3.63, 3.8) is 0 Å². The minimum absolute atomic E-state index is 0.182. The molecule has 0 fully saturated rings. The third-order valence-electron chi connectivity index (χ3n) is 2.45. The number of carbonyl (C=O) groups is 1. The molecule has 0 saturated carbocycles. The Kier molecular flexibility index (Phi) is 3.57. The number of pyridine rings is 1. The van der Waals surface area contributed by atoms with Crippen LogP contribution in [-0.4, -0.2) is 15.9 Å². The lowest BCUT2D eigenvalue weighted by Gasteiger charge is -2.06. The second-order valence-corrected chi connectivity index (χ2v) is 5.00. The highest BCUT2D eigenvalue weighted by Gasteiger charge is 2.10. The Morgan fingerprint density at radius 3 is 2.94 bits per heavy atom. The first kappa shape index (κ1) is 12.5. The standard InChI is InChI=1S/C12H14N4OS/c1-7-11(3-9(13)4-14-7)12(17)15-5-10-6-18-8(2)16-10/h3-4,6H,5,13H2,1-2H3,(H,15,17). The number of rotatable bonds is 3. The Labute approximate surface area is 109 Å². The van der Waals surface area contributed by atoms with E-state index in [1.54, 1.807) is 24.3 Å². The molecule has 6 heteroatoms. The highest BCUT2D eigenvalue weighted by Crippen LogP contribution is 2.11. The molecule has 0 bridgehead atoms. The summed E-state index contributed by atoms with van der Waals surface area (Å²) in [5, 5.41) is 5.72. The Morgan fingerprint density at radius 2 is 2.28 bits per heavy atom. The van der Waals surface area contributed by atoms with Crippen molar-refractivity contribution in [2.75, 3.05) is 5.73 Å². The van der Waals surface area contributed by atoms with Crippen LogP contribution < -0.4 is 11.1 Å². The molecule has 0 aliphatic heterocycles. The number of hydrogen-bond donors (Lipinski definition) is 2. The van der Waals surface area contributed by atoms with Gasteiger partial charge in [0.05, 0.1) is 40.4 Å². The van der Waals surface area contributed by atoms with E-state index in [1.165, 1.54) is 6.20 Å².